The quantitative estimate of drug-likeness (QED) is 0.563. The number of amides is 1. The van der Waals surface area contributed by atoms with E-state index in [1.807, 2.05) is 25.2 Å². The van der Waals surface area contributed by atoms with Crippen LogP contribution in [0.25, 0.3) is 5.52 Å². The molecule has 3 aromatic rings. The summed E-state index contributed by atoms with van der Waals surface area (Å²) in [5, 5.41) is 2.70. The number of ether oxygens (including phenoxy) is 2. The van der Waals surface area contributed by atoms with Crippen molar-refractivity contribution in [3.63, 3.8) is 0 Å². The summed E-state index contributed by atoms with van der Waals surface area (Å²) in [6, 6.07) is 1.28. The van der Waals surface area contributed by atoms with Crippen LogP contribution in [0.3, 0.4) is 0 Å². The first kappa shape index (κ1) is 23.3. The molecule has 3 heterocycles. The molecule has 1 fully saturated rings. The van der Waals surface area contributed by atoms with Crippen LogP contribution in [0.4, 0.5) is 10.2 Å². The summed E-state index contributed by atoms with van der Waals surface area (Å²) in [6.07, 6.45) is 4.87. The molecule has 4 rings (SSSR count). The maximum absolute atomic E-state index is 15.2. The number of anilines is 1. The number of aromatic nitrogens is 3. The van der Waals surface area contributed by atoms with Crippen molar-refractivity contribution in [2.75, 3.05) is 18.9 Å². The van der Waals surface area contributed by atoms with Crippen LogP contribution in [-0.2, 0) is 11.2 Å². The van der Waals surface area contributed by atoms with Crippen LogP contribution in [-0.4, -0.2) is 45.6 Å². The SMILES string of the molecule is Cc1nc(Cc2cc(Cl)c(F)c(C(=O)N[C@@H]3CCCOC3)c2OC(C)C)n2ccnc(N)c12. The number of rotatable bonds is 6. The van der Waals surface area contributed by atoms with E-state index in [4.69, 9.17) is 26.8 Å². The van der Waals surface area contributed by atoms with Gasteiger partial charge in [-0.2, -0.15) is 0 Å². The van der Waals surface area contributed by atoms with E-state index in [2.05, 4.69) is 15.3 Å². The van der Waals surface area contributed by atoms with Gasteiger partial charge in [0.2, 0.25) is 0 Å². The third-order valence-corrected chi connectivity index (χ3v) is 5.78. The van der Waals surface area contributed by atoms with Crippen molar-refractivity contribution in [1.29, 1.82) is 0 Å². The number of nitrogen functional groups attached to an aromatic ring is 1. The number of carbonyl (C=O) groups is 1. The maximum atomic E-state index is 15.2. The van der Waals surface area contributed by atoms with Gasteiger partial charge >= 0.3 is 0 Å². The number of nitrogens with one attached hydrogen (secondary N) is 1. The minimum absolute atomic E-state index is 0.151. The Morgan fingerprint density at radius 2 is 2.27 bits per heavy atom. The van der Waals surface area contributed by atoms with Crippen LogP contribution in [0.2, 0.25) is 5.02 Å². The molecule has 8 nitrogen and oxygen atoms in total. The number of benzene rings is 1. The predicted molar refractivity (Wildman–Crippen MR) is 123 cm³/mol. The molecule has 176 valence electrons. The van der Waals surface area contributed by atoms with Gasteiger partial charge in [-0.25, -0.2) is 14.4 Å². The molecule has 10 heteroatoms. The minimum Gasteiger partial charge on any atom is -0.490 e. The minimum atomic E-state index is -0.817. The Labute approximate surface area is 196 Å². The number of carbonyl (C=O) groups excluding carboxylic acids is 1. The zero-order chi connectivity index (χ0) is 23.7. The van der Waals surface area contributed by atoms with Gasteiger partial charge in [-0.3, -0.25) is 9.20 Å². The number of hydrogen-bond donors (Lipinski definition) is 2. The van der Waals surface area contributed by atoms with Gasteiger partial charge in [-0.05, 0) is 39.7 Å². The highest BCUT2D eigenvalue weighted by molar-refractivity contribution is 6.31. The van der Waals surface area contributed by atoms with Gasteiger partial charge < -0.3 is 20.5 Å². The third-order valence-electron chi connectivity index (χ3n) is 5.50. The number of halogens is 2. The molecule has 1 aliphatic rings. The van der Waals surface area contributed by atoms with Crippen molar-refractivity contribution in [3.05, 3.63) is 51.9 Å². The van der Waals surface area contributed by atoms with Crippen LogP contribution in [0.1, 0.15) is 54.1 Å². The molecule has 1 aromatic carbocycles. The highest BCUT2D eigenvalue weighted by Crippen LogP contribution is 2.35. The number of aryl methyl sites for hydroxylation is 1. The van der Waals surface area contributed by atoms with Crippen molar-refractivity contribution < 1.29 is 18.7 Å². The molecule has 0 unspecified atom stereocenters. The Bertz CT molecular complexity index is 1190. The fraction of sp³-hybridized carbons (Fsp3) is 0.435. The first-order chi connectivity index (χ1) is 15.8. The second kappa shape index (κ2) is 9.52. The lowest BCUT2D eigenvalue weighted by Crippen LogP contribution is -2.41. The molecule has 0 bridgehead atoms. The monoisotopic (exact) mass is 475 g/mol. The lowest BCUT2D eigenvalue weighted by molar-refractivity contribution is 0.0620. The first-order valence-electron chi connectivity index (χ1n) is 10.9. The standard InChI is InChI=1S/C23H27ClFN5O3/c1-12(2)33-21-14(10-17-28-13(3)20-22(26)27-6-7-30(17)20)9-16(24)19(25)18(21)23(31)29-15-5-4-8-32-11-15/h6-7,9,12,15H,4-5,8,10-11H2,1-3H3,(H2,26,27)(H,29,31)/t15-/m1/s1. The first-order valence-corrected chi connectivity index (χ1v) is 11.3. The van der Waals surface area contributed by atoms with Crippen LogP contribution in [0.5, 0.6) is 5.75 Å². The average Bonchev–Trinajstić information content (AvgIpc) is 3.08. The molecular weight excluding hydrogens is 449 g/mol. The summed E-state index contributed by atoms with van der Waals surface area (Å²) in [7, 11) is 0. The van der Waals surface area contributed by atoms with Crippen molar-refractivity contribution in [1.82, 2.24) is 19.7 Å². The number of imidazole rings is 1. The van der Waals surface area contributed by atoms with Gasteiger partial charge in [-0.1, -0.05) is 11.6 Å². The lowest BCUT2D eigenvalue weighted by atomic mass is 10.0. The summed E-state index contributed by atoms with van der Waals surface area (Å²) in [5.41, 5.74) is 7.77. The molecule has 0 saturated carbocycles. The zero-order valence-corrected chi connectivity index (χ0v) is 19.6. The van der Waals surface area contributed by atoms with E-state index in [0.29, 0.717) is 41.6 Å². The average molecular weight is 476 g/mol. The van der Waals surface area contributed by atoms with E-state index < -0.39 is 11.7 Å². The van der Waals surface area contributed by atoms with E-state index in [1.54, 1.807) is 12.4 Å². The molecule has 1 aliphatic heterocycles. The van der Waals surface area contributed by atoms with Gasteiger partial charge in [0.05, 0.1) is 29.5 Å². The molecule has 0 spiro atoms. The van der Waals surface area contributed by atoms with E-state index in [-0.39, 0.29) is 34.9 Å². The van der Waals surface area contributed by atoms with Crippen LogP contribution in [0.15, 0.2) is 18.5 Å². The molecule has 1 atom stereocenters. The van der Waals surface area contributed by atoms with Crippen molar-refractivity contribution >= 4 is 28.8 Å². The molecule has 0 aliphatic carbocycles. The van der Waals surface area contributed by atoms with Crippen molar-refractivity contribution in [2.24, 2.45) is 0 Å². The lowest BCUT2D eigenvalue weighted by Gasteiger charge is -2.25. The Kier molecular flexibility index (Phi) is 6.71. The summed E-state index contributed by atoms with van der Waals surface area (Å²) in [4.78, 5) is 21.9. The smallest absolute Gasteiger partial charge is 0.258 e. The Morgan fingerprint density at radius 3 is 2.97 bits per heavy atom. The van der Waals surface area contributed by atoms with Gasteiger partial charge in [0.25, 0.3) is 5.91 Å². The number of nitrogens with two attached hydrogens (primary N) is 1. The second-order valence-electron chi connectivity index (χ2n) is 8.41. The molecule has 2 aromatic heterocycles. The number of fused-ring (bicyclic) bond motifs is 1. The van der Waals surface area contributed by atoms with Gasteiger partial charge in [0.15, 0.2) is 5.82 Å². The van der Waals surface area contributed by atoms with Crippen molar-refractivity contribution in [3.8, 4) is 5.75 Å². The number of nitrogens with zero attached hydrogens (tertiary/aromatic N) is 3. The van der Waals surface area contributed by atoms with Gasteiger partial charge in [0.1, 0.15) is 28.5 Å². The highest BCUT2D eigenvalue weighted by Gasteiger charge is 2.28. The Balaban J connectivity index is 1.78. The molecular formula is C23H27ClFN5O3. The molecule has 33 heavy (non-hydrogen) atoms. The summed E-state index contributed by atoms with van der Waals surface area (Å²) < 4.78 is 28.4. The third kappa shape index (κ3) is 4.74. The molecule has 1 amide bonds. The van der Waals surface area contributed by atoms with E-state index in [1.165, 1.54) is 6.07 Å². The van der Waals surface area contributed by atoms with Crippen LogP contribution >= 0.6 is 11.6 Å². The fourth-order valence-electron chi connectivity index (χ4n) is 4.09. The van der Waals surface area contributed by atoms with Gasteiger partial charge in [0, 0.05) is 31.0 Å². The normalized spacial score (nSPS) is 16.4. The van der Waals surface area contributed by atoms with E-state index in [0.717, 1.165) is 12.8 Å². The molecule has 0 radical (unpaired) electrons. The fourth-order valence-corrected chi connectivity index (χ4v) is 4.31. The van der Waals surface area contributed by atoms with Crippen LogP contribution < -0.4 is 15.8 Å². The van der Waals surface area contributed by atoms with Crippen LogP contribution in [0, 0.1) is 12.7 Å². The predicted octanol–water partition coefficient (Wildman–Crippen LogP) is 3.70. The zero-order valence-electron chi connectivity index (χ0n) is 18.8. The second-order valence-corrected chi connectivity index (χ2v) is 8.82. The summed E-state index contributed by atoms with van der Waals surface area (Å²) in [6.45, 7) is 6.51. The van der Waals surface area contributed by atoms with Crippen molar-refractivity contribution in [2.45, 2.75) is 52.2 Å². The topological polar surface area (TPSA) is 104 Å². The van der Waals surface area contributed by atoms with E-state index in [9.17, 15) is 4.79 Å². The summed E-state index contributed by atoms with van der Waals surface area (Å²) >= 11 is 6.24. The Morgan fingerprint density at radius 1 is 1.48 bits per heavy atom. The Hall–Kier alpha value is -2.91. The number of hydrogen-bond acceptors (Lipinski definition) is 6. The summed E-state index contributed by atoms with van der Waals surface area (Å²) in [5.74, 6) is -0.250. The largest absolute Gasteiger partial charge is 0.490 e. The highest BCUT2D eigenvalue weighted by atomic mass is 35.5. The van der Waals surface area contributed by atoms with E-state index >= 15 is 4.39 Å². The van der Waals surface area contributed by atoms with Gasteiger partial charge in [-0.15, -0.1) is 0 Å². The molecule has 1 saturated heterocycles. The maximum Gasteiger partial charge on any atom is 0.258 e. The molecule has 3 N–H and O–H groups in total.